The molecule has 5 heteroatoms. The molecule has 0 fully saturated rings. The van der Waals surface area contributed by atoms with Gasteiger partial charge < -0.3 is 0 Å². The van der Waals surface area contributed by atoms with E-state index in [1.165, 1.54) is 12.1 Å². The highest BCUT2D eigenvalue weighted by atomic mass is 19.1. The number of nitrogens with zero attached hydrogens (tertiary/aromatic N) is 3. The molecule has 1 aliphatic rings. The fourth-order valence-electron chi connectivity index (χ4n) is 4.73. The molecule has 3 heterocycles. The number of carbonyl (C=O) groups is 1. The quantitative estimate of drug-likeness (QED) is 0.292. The highest BCUT2D eigenvalue weighted by Crippen LogP contribution is 2.43. The number of benzene rings is 2. The maximum absolute atomic E-state index is 14.2. The Balaban J connectivity index is 1.97. The van der Waals surface area contributed by atoms with Crippen molar-refractivity contribution in [2.24, 2.45) is 5.41 Å². The van der Waals surface area contributed by atoms with Crippen LogP contribution in [0.3, 0.4) is 0 Å². The highest BCUT2D eigenvalue weighted by molar-refractivity contribution is 6.28. The fraction of sp³-hybridized carbons (Fsp3) is 0.227. The van der Waals surface area contributed by atoms with Crippen molar-refractivity contribution < 1.29 is 9.18 Å². The number of carbonyl (C=O) groups excluding carboxylic acids is 1. The molecule has 0 unspecified atom stereocenters. The van der Waals surface area contributed by atoms with E-state index in [1.54, 1.807) is 12.3 Å². The van der Waals surface area contributed by atoms with Crippen LogP contribution < -0.4 is 0 Å². The lowest BCUT2D eigenvalue weighted by atomic mass is 9.74. The van der Waals surface area contributed by atoms with Crippen molar-refractivity contribution in [3.05, 3.63) is 53.6 Å². The number of hydrogen-bond donors (Lipinski definition) is 0. The lowest BCUT2D eigenvalue weighted by Crippen LogP contribution is -2.28. The van der Waals surface area contributed by atoms with Crippen molar-refractivity contribution in [2.75, 3.05) is 0 Å². The average molecular weight is 357 g/mol. The molecule has 1 aliphatic carbocycles. The molecular formula is C22H16FN3O. The van der Waals surface area contributed by atoms with Gasteiger partial charge in [-0.2, -0.15) is 5.10 Å². The van der Waals surface area contributed by atoms with Crippen LogP contribution in [0.1, 0.15) is 36.3 Å². The van der Waals surface area contributed by atoms with Crippen molar-refractivity contribution in [1.82, 2.24) is 14.6 Å². The van der Waals surface area contributed by atoms with Gasteiger partial charge in [0.15, 0.2) is 5.78 Å². The van der Waals surface area contributed by atoms with E-state index in [0.29, 0.717) is 12.0 Å². The van der Waals surface area contributed by atoms with Crippen LogP contribution in [0, 0.1) is 11.2 Å². The maximum Gasteiger partial charge on any atom is 0.165 e. The number of ketones is 1. The van der Waals surface area contributed by atoms with E-state index < -0.39 is 0 Å². The van der Waals surface area contributed by atoms with Gasteiger partial charge in [0.25, 0.3) is 0 Å². The predicted octanol–water partition coefficient (Wildman–Crippen LogP) is 4.92. The molecule has 0 bridgehead atoms. The van der Waals surface area contributed by atoms with Crippen LogP contribution in [-0.2, 0) is 6.42 Å². The van der Waals surface area contributed by atoms with E-state index in [1.807, 2.05) is 16.6 Å². The Bertz CT molecular complexity index is 1430. The maximum atomic E-state index is 14.2. The number of hydrogen-bond acceptors (Lipinski definition) is 3. The van der Waals surface area contributed by atoms with Crippen LogP contribution in [-0.4, -0.2) is 20.4 Å². The molecule has 0 aliphatic heterocycles. The molecule has 0 saturated heterocycles. The molecule has 0 radical (unpaired) electrons. The SMILES string of the molecule is CC1(C)CC(=O)c2c(nc3ccc4cnn5c6ccc(F)cc6c2c3c45)C1. The molecule has 2 aromatic carbocycles. The number of pyridine rings is 2. The lowest BCUT2D eigenvalue weighted by molar-refractivity contribution is 0.0912. The third kappa shape index (κ3) is 1.84. The summed E-state index contributed by atoms with van der Waals surface area (Å²) in [6.07, 6.45) is 3.01. The molecule has 5 aromatic rings. The van der Waals surface area contributed by atoms with E-state index in [-0.39, 0.29) is 17.0 Å². The molecule has 0 N–H and O–H groups in total. The van der Waals surface area contributed by atoms with Gasteiger partial charge in [0.1, 0.15) is 5.82 Å². The minimum absolute atomic E-state index is 0.0887. The van der Waals surface area contributed by atoms with Crippen molar-refractivity contribution in [2.45, 2.75) is 26.7 Å². The Morgan fingerprint density at radius 1 is 1.11 bits per heavy atom. The Labute approximate surface area is 153 Å². The highest BCUT2D eigenvalue weighted by Gasteiger charge is 2.35. The molecule has 6 rings (SSSR count). The standard InChI is InChI=1S/C22H16FN3O/c1-22(2)8-15-19(17(27)9-22)18-13-7-12(23)4-6-16(13)26-21-11(10-24-26)3-5-14(25-15)20(18)21/h3-7,10H,8-9H2,1-2H3. The first-order valence-corrected chi connectivity index (χ1v) is 9.10. The third-order valence-corrected chi connectivity index (χ3v) is 5.78. The summed E-state index contributed by atoms with van der Waals surface area (Å²) in [4.78, 5) is 18.0. The second-order valence-electron chi connectivity index (χ2n) is 8.36. The summed E-state index contributed by atoms with van der Waals surface area (Å²) in [6, 6.07) is 8.68. The normalized spacial score (nSPS) is 16.8. The summed E-state index contributed by atoms with van der Waals surface area (Å²) in [5.41, 5.74) is 3.93. The summed E-state index contributed by atoms with van der Waals surface area (Å²) in [5.74, 6) is -0.232. The molecule has 4 nitrogen and oxygen atoms in total. The monoisotopic (exact) mass is 357 g/mol. The van der Waals surface area contributed by atoms with Crippen molar-refractivity contribution in [3.63, 3.8) is 0 Å². The third-order valence-electron chi connectivity index (χ3n) is 5.78. The van der Waals surface area contributed by atoms with Crippen LogP contribution in [0.5, 0.6) is 0 Å². The minimum atomic E-state index is -0.321. The Hall–Kier alpha value is -3.08. The van der Waals surface area contributed by atoms with Crippen molar-refractivity contribution in [3.8, 4) is 0 Å². The van der Waals surface area contributed by atoms with E-state index in [4.69, 9.17) is 4.98 Å². The van der Waals surface area contributed by atoms with Gasteiger partial charge in [0.05, 0.1) is 28.4 Å². The summed E-state index contributed by atoms with van der Waals surface area (Å²) < 4.78 is 16.0. The van der Waals surface area contributed by atoms with Gasteiger partial charge >= 0.3 is 0 Å². The van der Waals surface area contributed by atoms with Crippen molar-refractivity contribution >= 4 is 43.9 Å². The van der Waals surface area contributed by atoms with Crippen LogP contribution in [0.2, 0.25) is 0 Å². The molecule has 0 atom stereocenters. The molecule has 132 valence electrons. The van der Waals surface area contributed by atoms with Crippen LogP contribution in [0.4, 0.5) is 4.39 Å². The fourth-order valence-corrected chi connectivity index (χ4v) is 4.73. The van der Waals surface area contributed by atoms with E-state index in [0.717, 1.165) is 50.2 Å². The molecule has 3 aromatic heterocycles. The van der Waals surface area contributed by atoms with Crippen LogP contribution in [0.25, 0.3) is 38.1 Å². The largest absolute Gasteiger partial charge is 0.294 e. The number of halogens is 1. The zero-order valence-electron chi connectivity index (χ0n) is 15.0. The van der Waals surface area contributed by atoms with Gasteiger partial charge in [0.2, 0.25) is 0 Å². The first kappa shape index (κ1) is 15.0. The van der Waals surface area contributed by atoms with Gasteiger partial charge in [-0.15, -0.1) is 0 Å². The van der Waals surface area contributed by atoms with Gasteiger partial charge in [-0.25, -0.2) is 8.91 Å². The Kier molecular flexibility index (Phi) is 2.56. The molecular weight excluding hydrogens is 341 g/mol. The Morgan fingerprint density at radius 3 is 2.81 bits per heavy atom. The lowest BCUT2D eigenvalue weighted by Gasteiger charge is -2.30. The zero-order chi connectivity index (χ0) is 18.5. The summed E-state index contributed by atoms with van der Waals surface area (Å²) >= 11 is 0. The van der Waals surface area contributed by atoms with Gasteiger partial charge in [-0.1, -0.05) is 13.8 Å². The first-order valence-electron chi connectivity index (χ1n) is 9.10. The number of rotatable bonds is 0. The number of aromatic nitrogens is 3. The summed E-state index contributed by atoms with van der Waals surface area (Å²) in [7, 11) is 0. The van der Waals surface area contributed by atoms with Gasteiger partial charge in [0, 0.05) is 33.5 Å². The average Bonchev–Trinajstić information content (AvgIpc) is 3.03. The van der Waals surface area contributed by atoms with Gasteiger partial charge in [-0.3, -0.25) is 9.78 Å². The number of Topliss-reactive ketones (excluding diaryl/α,β-unsaturated/α-hetero) is 1. The van der Waals surface area contributed by atoms with E-state index in [2.05, 4.69) is 18.9 Å². The van der Waals surface area contributed by atoms with E-state index in [9.17, 15) is 9.18 Å². The van der Waals surface area contributed by atoms with Crippen LogP contribution >= 0.6 is 0 Å². The summed E-state index contributed by atoms with van der Waals surface area (Å²) in [6.45, 7) is 4.19. The predicted molar refractivity (Wildman–Crippen MR) is 103 cm³/mol. The van der Waals surface area contributed by atoms with Crippen LogP contribution in [0.15, 0.2) is 36.5 Å². The topological polar surface area (TPSA) is 47.3 Å². The minimum Gasteiger partial charge on any atom is -0.294 e. The molecule has 0 spiro atoms. The molecule has 0 saturated carbocycles. The zero-order valence-corrected chi connectivity index (χ0v) is 15.0. The smallest absolute Gasteiger partial charge is 0.165 e. The molecule has 27 heavy (non-hydrogen) atoms. The number of fused-ring (bicyclic) bond motifs is 5. The van der Waals surface area contributed by atoms with E-state index >= 15 is 0 Å². The molecule has 0 amide bonds. The second kappa shape index (κ2) is 4.60. The van der Waals surface area contributed by atoms with Gasteiger partial charge in [-0.05, 0) is 42.2 Å². The Morgan fingerprint density at radius 2 is 1.96 bits per heavy atom. The first-order chi connectivity index (χ1) is 12.9. The summed E-state index contributed by atoms with van der Waals surface area (Å²) in [5, 5.41) is 7.94. The van der Waals surface area contributed by atoms with Crippen molar-refractivity contribution in [1.29, 1.82) is 0 Å². The second-order valence-corrected chi connectivity index (χ2v) is 8.36.